The van der Waals surface area contributed by atoms with Crippen molar-refractivity contribution in [3.63, 3.8) is 0 Å². The van der Waals surface area contributed by atoms with E-state index in [-0.39, 0.29) is 34.5 Å². The lowest BCUT2D eigenvalue weighted by atomic mass is 10.1. The summed E-state index contributed by atoms with van der Waals surface area (Å²) in [6.45, 7) is 3.41. The summed E-state index contributed by atoms with van der Waals surface area (Å²) in [6, 6.07) is 17.0. The van der Waals surface area contributed by atoms with Gasteiger partial charge in [-0.25, -0.2) is 12.8 Å². The van der Waals surface area contributed by atoms with E-state index >= 15 is 0 Å². The van der Waals surface area contributed by atoms with Gasteiger partial charge in [-0.05, 0) is 54.8 Å². The van der Waals surface area contributed by atoms with Crippen LogP contribution in [0.15, 0.2) is 77.7 Å². The maximum atomic E-state index is 14.0. The quantitative estimate of drug-likeness (QED) is 0.293. The Bertz CT molecular complexity index is 1410. The third kappa shape index (κ3) is 7.50. The van der Waals surface area contributed by atoms with Crippen LogP contribution < -0.4 is 9.62 Å². The fourth-order valence-electron chi connectivity index (χ4n) is 3.98. The monoisotopic (exact) mass is 593 g/mol. The summed E-state index contributed by atoms with van der Waals surface area (Å²) in [7, 11) is -4.28. The number of carbonyl (C=O) groups is 2. The number of benzene rings is 3. The van der Waals surface area contributed by atoms with Crippen molar-refractivity contribution < 1.29 is 22.4 Å². The zero-order valence-corrected chi connectivity index (χ0v) is 23.9. The van der Waals surface area contributed by atoms with Crippen LogP contribution in [0, 0.1) is 5.82 Å². The Labute approximate surface area is 238 Å². The Balaban J connectivity index is 2.07. The smallest absolute Gasteiger partial charge is 0.264 e. The van der Waals surface area contributed by atoms with Crippen molar-refractivity contribution in [3.05, 3.63) is 94.2 Å². The molecule has 3 aromatic rings. The second kappa shape index (κ2) is 13.8. The van der Waals surface area contributed by atoms with Gasteiger partial charge in [0, 0.05) is 18.1 Å². The van der Waals surface area contributed by atoms with Crippen LogP contribution in [-0.2, 0) is 26.2 Å². The first-order valence-corrected chi connectivity index (χ1v) is 14.6. The number of nitrogens with one attached hydrogen (secondary N) is 1. The molecule has 1 atom stereocenters. The SMILES string of the molecule is CCCNC(=O)[C@@H](CC)N(Cc1ccccc1Cl)C(=O)CN(c1ccc(F)c(Cl)c1)S(=O)(=O)c1ccccc1. The highest BCUT2D eigenvalue weighted by Crippen LogP contribution is 2.28. The van der Waals surface area contributed by atoms with Gasteiger partial charge in [-0.15, -0.1) is 0 Å². The van der Waals surface area contributed by atoms with Crippen molar-refractivity contribution in [2.45, 2.75) is 44.2 Å². The molecule has 3 aromatic carbocycles. The third-order valence-electron chi connectivity index (χ3n) is 6.03. The lowest BCUT2D eigenvalue weighted by Crippen LogP contribution is -2.52. The number of nitrogens with zero attached hydrogens (tertiary/aromatic N) is 2. The second-order valence-corrected chi connectivity index (χ2v) is 11.4. The van der Waals surface area contributed by atoms with Crippen molar-refractivity contribution in [1.82, 2.24) is 10.2 Å². The van der Waals surface area contributed by atoms with Crippen LogP contribution in [0.1, 0.15) is 32.3 Å². The van der Waals surface area contributed by atoms with Crippen LogP contribution in [0.2, 0.25) is 10.0 Å². The van der Waals surface area contributed by atoms with Gasteiger partial charge in [0.25, 0.3) is 10.0 Å². The van der Waals surface area contributed by atoms with Gasteiger partial charge in [0.05, 0.1) is 15.6 Å². The average Bonchev–Trinajstić information content (AvgIpc) is 2.93. The average molecular weight is 595 g/mol. The molecule has 208 valence electrons. The molecule has 1 N–H and O–H groups in total. The molecule has 0 radical (unpaired) electrons. The summed E-state index contributed by atoms with van der Waals surface area (Å²) in [5.41, 5.74) is 0.594. The maximum absolute atomic E-state index is 14.0. The van der Waals surface area contributed by atoms with E-state index in [1.54, 1.807) is 49.4 Å². The topological polar surface area (TPSA) is 86.8 Å². The number of hydrogen-bond acceptors (Lipinski definition) is 4. The molecule has 0 aromatic heterocycles. The normalized spacial score (nSPS) is 12.0. The Morgan fingerprint density at radius 1 is 0.949 bits per heavy atom. The highest BCUT2D eigenvalue weighted by atomic mass is 35.5. The van der Waals surface area contributed by atoms with Gasteiger partial charge < -0.3 is 10.2 Å². The summed E-state index contributed by atoms with van der Waals surface area (Å²) in [6.07, 6.45) is 0.981. The number of rotatable bonds is 12. The number of hydrogen-bond donors (Lipinski definition) is 1. The predicted octanol–water partition coefficient (Wildman–Crippen LogP) is 5.66. The van der Waals surface area contributed by atoms with Gasteiger partial charge in [-0.1, -0.05) is 73.4 Å². The Morgan fingerprint density at radius 3 is 2.23 bits per heavy atom. The van der Waals surface area contributed by atoms with Crippen molar-refractivity contribution in [2.75, 3.05) is 17.4 Å². The molecule has 0 bridgehead atoms. The lowest BCUT2D eigenvalue weighted by Gasteiger charge is -2.33. The van der Waals surface area contributed by atoms with E-state index in [0.29, 0.717) is 23.6 Å². The summed E-state index contributed by atoms with van der Waals surface area (Å²) >= 11 is 12.4. The fourth-order valence-corrected chi connectivity index (χ4v) is 5.78. The van der Waals surface area contributed by atoms with Crippen molar-refractivity contribution in [3.8, 4) is 0 Å². The molecule has 0 aliphatic heterocycles. The number of halogens is 3. The standard InChI is InChI=1S/C28H30Cl2FN3O4S/c1-3-16-32-28(36)26(4-2)33(18-20-10-8-9-13-23(20)29)27(35)19-34(21-14-15-25(31)24(30)17-21)39(37,38)22-11-6-5-7-12-22/h5-15,17,26H,3-4,16,18-19H2,1-2H3,(H,32,36)/t26-/m1/s1. The number of sulfonamides is 1. The molecule has 0 aliphatic carbocycles. The summed E-state index contributed by atoms with van der Waals surface area (Å²) in [5, 5.41) is 2.92. The molecule has 0 unspecified atom stereocenters. The van der Waals surface area contributed by atoms with Crippen LogP contribution in [0.5, 0.6) is 0 Å². The van der Waals surface area contributed by atoms with E-state index in [1.807, 2.05) is 6.92 Å². The van der Waals surface area contributed by atoms with E-state index in [1.165, 1.54) is 23.1 Å². The molecule has 0 saturated carbocycles. The van der Waals surface area contributed by atoms with Crippen LogP contribution in [0.3, 0.4) is 0 Å². The third-order valence-corrected chi connectivity index (χ3v) is 8.48. The fraction of sp³-hybridized carbons (Fsp3) is 0.286. The van der Waals surface area contributed by atoms with E-state index in [2.05, 4.69) is 5.32 Å². The van der Waals surface area contributed by atoms with E-state index in [4.69, 9.17) is 23.2 Å². The zero-order chi connectivity index (χ0) is 28.6. The van der Waals surface area contributed by atoms with Gasteiger partial charge in [0.1, 0.15) is 18.4 Å². The molecule has 39 heavy (non-hydrogen) atoms. The molecule has 0 aliphatic rings. The number of anilines is 1. The summed E-state index contributed by atoms with van der Waals surface area (Å²) in [4.78, 5) is 28.3. The Kier molecular flexibility index (Phi) is 10.7. The zero-order valence-electron chi connectivity index (χ0n) is 21.6. The van der Waals surface area contributed by atoms with E-state index in [9.17, 15) is 22.4 Å². The van der Waals surface area contributed by atoms with Gasteiger partial charge in [-0.2, -0.15) is 0 Å². The largest absolute Gasteiger partial charge is 0.354 e. The molecule has 0 fully saturated rings. The van der Waals surface area contributed by atoms with Gasteiger partial charge in [0.15, 0.2) is 0 Å². The molecule has 0 saturated heterocycles. The van der Waals surface area contributed by atoms with Crippen molar-refractivity contribution in [2.24, 2.45) is 0 Å². The minimum absolute atomic E-state index is 0.000204. The first-order valence-electron chi connectivity index (χ1n) is 12.4. The lowest BCUT2D eigenvalue weighted by molar-refractivity contribution is -0.140. The van der Waals surface area contributed by atoms with Crippen molar-refractivity contribution in [1.29, 1.82) is 0 Å². The van der Waals surface area contributed by atoms with Gasteiger partial charge in [0.2, 0.25) is 11.8 Å². The van der Waals surface area contributed by atoms with Crippen LogP contribution in [-0.4, -0.2) is 44.3 Å². The highest BCUT2D eigenvalue weighted by Gasteiger charge is 2.34. The van der Waals surface area contributed by atoms with Crippen LogP contribution >= 0.6 is 23.2 Å². The molecular formula is C28H30Cl2FN3O4S. The molecule has 3 rings (SSSR count). The second-order valence-electron chi connectivity index (χ2n) is 8.75. The highest BCUT2D eigenvalue weighted by molar-refractivity contribution is 7.92. The Morgan fingerprint density at radius 2 is 1.62 bits per heavy atom. The van der Waals surface area contributed by atoms with Crippen LogP contribution in [0.4, 0.5) is 10.1 Å². The molecule has 11 heteroatoms. The summed E-state index contributed by atoms with van der Waals surface area (Å²) in [5.74, 6) is -1.74. The molecule has 0 heterocycles. The number of amides is 2. The van der Waals surface area contributed by atoms with E-state index in [0.717, 1.165) is 16.4 Å². The van der Waals surface area contributed by atoms with Crippen molar-refractivity contribution >= 4 is 50.7 Å². The number of carbonyl (C=O) groups excluding carboxylic acids is 2. The van der Waals surface area contributed by atoms with Gasteiger partial charge in [-0.3, -0.25) is 13.9 Å². The minimum Gasteiger partial charge on any atom is -0.354 e. The predicted molar refractivity (Wildman–Crippen MR) is 152 cm³/mol. The van der Waals surface area contributed by atoms with E-state index < -0.39 is 34.3 Å². The maximum Gasteiger partial charge on any atom is 0.264 e. The molecule has 2 amide bonds. The minimum atomic E-state index is -4.28. The first kappa shape index (κ1) is 30.4. The molecular weight excluding hydrogens is 564 g/mol. The summed E-state index contributed by atoms with van der Waals surface area (Å²) < 4.78 is 42.3. The molecule has 7 nitrogen and oxygen atoms in total. The van der Waals surface area contributed by atoms with Crippen LogP contribution in [0.25, 0.3) is 0 Å². The first-order chi connectivity index (χ1) is 18.6. The Hall–Kier alpha value is -3.14. The van der Waals surface area contributed by atoms with Gasteiger partial charge >= 0.3 is 0 Å². The molecule has 0 spiro atoms.